The summed E-state index contributed by atoms with van der Waals surface area (Å²) in [5.74, 6) is 1.96. The topological polar surface area (TPSA) is 78.3 Å². The van der Waals surface area contributed by atoms with E-state index in [2.05, 4.69) is 22.1 Å². The van der Waals surface area contributed by atoms with Crippen LogP contribution in [0.5, 0.6) is 11.5 Å². The maximum absolute atomic E-state index is 13.1. The lowest BCUT2D eigenvalue weighted by Crippen LogP contribution is -2.32. The molecular weight excluding hydrogens is 448 g/mol. The summed E-state index contributed by atoms with van der Waals surface area (Å²) >= 11 is 7.33. The highest BCUT2D eigenvalue weighted by Crippen LogP contribution is 2.28. The number of hydrogen-bond donors (Lipinski definition) is 1. The van der Waals surface area contributed by atoms with Crippen LogP contribution in [0.15, 0.2) is 65.3 Å². The van der Waals surface area contributed by atoms with Crippen molar-refractivity contribution in [2.45, 2.75) is 17.6 Å². The fourth-order valence-corrected chi connectivity index (χ4v) is 4.01. The van der Waals surface area contributed by atoms with E-state index in [1.54, 1.807) is 25.3 Å². The first-order chi connectivity index (χ1) is 15.4. The predicted octanol–water partition coefficient (Wildman–Crippen LogP) is 4.39. The van der Waals surface area contributed by atoms with Gasteiger partial charge in [-0.1, -0.05) is 60.3 Å². The van der Waals surface area contributed by atoms with Crippen LogP contribution in [0.3, 0.4) is 0 Å². The van der Waals surface area contributed by atoms with E-state index >= 15 is 0 Å². The Morgan fingerprint density at radius 1 is 1.16 bits per heavy atom. The van der Waals surface area contributed by atoms with Crippen molar-refractivity contribution >= 4 is 29.3 Å². The third-order valence-corrected chi connectivity index (χ3v) is 6.17. The number of ether oxygens (including phenoxy) is 2. The molecule has 9 heteroatoms. The second kappa shape index (κ2) is 11.1. The van der Waals surface area contributed by atoms with Crippen LogP contribution in [0, 0.1) is 0 Å². The Morgan fingerprint density at radius 3 is 2.53 bits per heavy atom. The van der Waals surface area contributed by atoms with E-state index < -0.39 is 6.04 Å². The Bertz CT molecular complexity index is 1090. The molecule has 0 saturated heterocycles. The van der Waals surface area contributed by atoms with Gasteiger partial charge in [-0.05, 0) is 30.2 Å². The van der Waals surface area contributed by atoms with Crippen LogP contribution < -0.4 is 14.8 Å². The number of carbonyl (C=O) groups excluding carboxylic acids is 1. The molecule has 1 aromatic heterocycles. The number of carbonyl (C=O) groups is 1. The molecule has 0 spiro atoms. The minimum absolute atomic E-state index is 0.252. The summed E-state index contributed by atoms with van der Waals surface area (Å²) in [6.07, 6.45) is 0.554. The van der Waals surface area contributed by atoms with Gasteiger partial charge in [0.25, 0.3) is 5.91 Å². The van der Waals surface area contributed by atoms with Crippen molar-refractivity contribution < 1.29 is 14.3 Å². The number of benzene rings is 2. The second-order valence-corrected chi connectivity index (χ2v) is 8.47. The summed E-state index contributed by atoms with van der Waals surface area (Å²) in [4.78, 5) is 13.1. The number of halogens is 1. The Morgan fingerprint density at radius 2 is 1.88 bits per heavy atom. The van der Waals surface area contributed by atoms with Crippen molar-refractivity contribution in [1.82, 2.24) is 20.1 Å². The lowest BCUT2D eigenvalue weighted by Gasteiger charge is -2.19. The molecule has 0 aliphatic rings. The summed E-state index contributed by atoms with van der Waals surface area (Å²) in [6, 6.07) is 14.6. The second-order valence-electron chi connectivity index (χ2n) is 6.99. The lowest BCUT2D eigenvalue weighted by molar-refractivity contribution is 0.0933. The summed E-state index contributed by atoms with van der Waals surface area (Å²) < 4.78 is 12.5. The van der Waals surface area contributed by atoms with E-state index in [4.69, 9.17) is 21.1 Å². The van der Waals surface area contributed by atoms with Gasteiger partial charge in [0.15, 0.2) is 22.5 Å². The first kappa shape index (κ1) is 23.7. The third kappa shape index (κ3) is 5.83. The highest BCUT2D eigenvalue weighted by Gasteiger charge is 2.23. The monoisotopic (exact) mass is 472 g/mol. The van der Waals surface area contributed by atoms with E-state index in [0.29, 0.717) is 45.2 Å². The SMILES string of the molecule is C=C(Cl)CSc1nnc(C(Cc2ccccc2)NC(=O)c2ccc(OC)c(OC)c2)n1C. The van der Waals surface area contributed by atoms with E-state index in [1.807, 2.05) is 41.9 Å². The summed E-state index contributed by atoms with van der Waals surface area (Å²) in [5, 5.41) is 12.9. The van der Waals surface area contributed by atoms with Crippen molar-refractivity contribution in [3.63, 3.8) is 0 Å². The van der Waals surface area contributed by atoms with Gasteiger partial charge in [-0.15, -0.1) is 10.2 Å². The van der Waals surface area contributed by atoms with Gasteiger partial charge in [0.05, 0.1) is 20.3 Å². The first-order valence-electron chi connectivity index (χ1n) is 9.85. The standard InChI is InChI=1S/C23H25ClN4O3S/c1-15(24)14-32-23-27-26-21(28(23)2)18(12-16-8-6-5-7-9-16)25-22(29)17-10-11-19(30-3)20(13-17)31-4/h5-11,13,18H,1,12,14H2,2-4H3,(H,25,29). The molecule has 1 N–H and O–H groups in total. The van der Waals surface area contributed by atoms with Gasteiger partial charge in [0.1, 0.15) is 0 Å². The van der Waals surface area contributed by atoms with Crippen LogP contribution in [0.2, 0.25) is 0 Å². The number of aromatic nitrogens is 3. The number of nitrogens with one attached hydrogen (secondary N) is 1. The number of amides is 1. The zero-order valence-electron chi connectivity index (χ0n) is 18.2. The van der Waals surface area contributed by atoms with Gasteiger partial charge >= 0.3 is 0 Å². The number of nitrogens with zero attached hydrogens (tertiary/aromatic N) is 3. The molecule has 1 heterocycles. The van der Waals surface area contributed by atoms with E-state index in [-0.39, 0.29) is 5.91 Å². The van der Waals surface area contributed by atoms with E-state index in [1.165, 1.54) is 18.9 Å². The van der Waals surface area contributed by atoms with Crippen molar-refractivity contribution in [2.75, 3.05) is 20.0 Å². The normalized spacial score (nSPS) is 11.6. The van der Waals surface area contributed by atoms with Crippen LogP contribution in [0.1, 0.15) is 27.8 Å². The Kier molecular flexibility index (Phi) is 8.19. The summed E-state index contributed by atoms with van der Waals surface area (Å²) in [6.45, 7) is 3.71. The number of methoxy groups -OCH3 is 2. The van der Waals surface area contributed by atoms with Crippen molar-refractivity contribution in [1.29, 1.82) is 0 Å². The van der Waals surface area contributed by atoms with Gasteiger partial charge in [-0.2, -0.15) is 0 Å². The molecule has 0 saturated carbocycles. The van der Waals surface area contributed by atoms with Crippen LogP contribution in [-0.4, -0.2) is 40.6 Å². The Balaban J connectivity index is 1.88. The molecule has 2 aromatic carbocycles. The smallest absolute Gasteiger partial charge is 0.252 e. The average molecular weight is 473 g/mol. The molecule has 32 heavy (non-hydrogen) atoms. The maximum Gasteiger partial charge on any atom is 0.252 e. The molecule has 1 amide bonds. The van der Waals surface area contributed by atoms with Gasteiger partial charge < -0.3 is 19.4 Å². The zero-order chi connectivity index (χ0) is 23.1. The number of thioether (sulfide) groups is 1. The Labute approximate surface area is 196 Å². The molecule has 0 aliphatic heterocycles. The van der Waals surface area contributed by atoms with E-state index in [0.717, 1.165) is 5.56 Å². The summed E-state index contributed by atoms with van der Waals surface area (Å²) in [5.41, 5.74) is 1.52. The minimum atomic E-state index is -0.399. The highest BCUT2D eigenvalue weighted by atomic mass is 35.5. The molecule has 0 radical (unpaired) electrons. The van der Waals surface area contributed by atoms with Gasteiger partial charge in [-0.25, -0.2) is 0 Å². The summed E-state index contributed by atoms with van der Waals surface area (Å²) in [7, 11) is 4.96. The van der Waals surface area contributed by atoms with Crippen LogP contribution >= 0.6 is 23.4 Å². The van der Waals surface area contributed by atoms with Gasteiger partial charge in [-0.3, -0.25) is 4.79 Å². The fourth-order valence-electron chi connectivity index (χ4n) is 3.17. The highest BCUT2D eigenvalue weighted by molar-refractivity contribution is 7.99. The molecule has 168 valence electrons. The third-order valence-electron chi connectivity index (χ3n) is 4.77. The number of rotatable bonds is 10. The lowest BCUT2D eigenvalue weighted by atomic mass is 10.0. The molecule has 1 atom stereocenters. The van der Waals surface area contributed by atoms with Crippen LogP contribution in [-0.2, 0) is 13.5 Å². The van der Waals surface area contributed by atoms with Crippen LogP contribution in [0.25, 0.3) is 0 Å². The average Bonchev–Trinajstić information content (AvgIpc) is 3.17. The molecule has 1 unspecified atom stereocenters. The van der Waals surface area contributed by atoms with Crippen molar-refractivity contribution in [2.24, 2.45) is 7.05 Å². The molecule has 0 fully saturated rings. The van der Waals surface area contributed by atoms with Crippen LogP contribution in [0.4, 0.5) is 0 Å². The van der Waals surface area contributed by atoms with Gasteiger partial charge in [0, 0.05) is 23.4 Å². The Hall–Kier alpha value is -2.97. The molecule has 0 aliphatic carbocycles. The first-order valence-corrected chi connectivity index (χ1v) is 11.2. The minimum Gasteiger partial charge on any atom is -0.493 e. The molecule has 0 bridgehead atoms. The zero-order valence-corrected chi connectivity index (χ0v) is 19.7. The largest absolute Gasteiger partial charge is 0.493 e. The molecular formula is C23H25ClN4O3S. The van der Waals surface area contributed by atoms with Gasteiger partial charge in [0.2, 0.25) is 0 Å². The molecule has 7 nitrogen and oxygen atoms in total. The van der Waals surface area contributed by atoms with Crippen molar-refractivity contribution in [3.8, 4) is 11.5 Å². The predicted molar refractivity (Wildman–Crippen MR) is 127 cm³/mol. The van der Waals surface area contributed by atoms with Crippen molar-refractivity contribution in [3.05, 3.63) is 77.1 Å². The molecule has 3 aromatic rings. The molecule has 3 rings (SSSR count). The quantitative estimate of drug-likeness (QED) is 0.441. The van der Waals surface area contributed by atoms with E-state index in [9.17, 15) is 4.79 Å². The maximum atomic E-state index is 13.1. The number of hydrogen-bond acceptors (Lipinski definition) is 6. The fraction of sp³-hybridized carbons (Fsp3) is 0.261.